The molecule has 1 fully saturated rings. The van der Waals surface area contributed by atoms with Crippen LogP contribution >= 0.6 is 0 Å². The van der Waals surface area contributed by atoms with Gasteiger partial charge < -0.3 is 5.32 Å². The molecule has 0 saturated carbocycles. The van der Waals surface area contributed by atoms with Gasteiger partial charge in [-0.2, -0.15) is 0 Å². The number of hydrogen-bond acceptors (Lipinski definition) is 2. The van der Waals surface area contributed by atoms with E-state index in [-0.39, 0.29) is 0 Å². The van der Waals surface area contributed by atoms with Crippen molar-refractivity contribution in [3.05, 3.63) is 12.2 Å². The van der Waals surface area contributed by atoms with Crippen molar-refractivity contribution in [3.8, 4) is 0 Å². The molecule has 1 heterocycles. The van der Waals surface area contributed by atoms with Crippen LogP contribution in [0.4, 0.5) is 0 Å². The van der Waals surface area contributed by atoms with Crippen molar-refractivity contribution in [2.75, 3.05) is 26.2 Å². The van der Waals surface area contributed by atoms with Gasteiger partial charge in [-0.3, -0.25) is 4.90 Å². The van der Waals surface area contributed by atoms with E-state index in [9.17, 15) is 0 Å². The lowest BCUT2D eigenvalue weighted by atomic mass is 10.1. The third-order valence-corrected chi connectivity index (χ3v) is 2.88. The van der Waals surface area contributed by atoms with Crippen molar-refractivity contribution in [2.45, 2.75) is 32.7 Å². The van der Waals surface area contributed by atoms with E-state index < -0.39 is 0 Å². The molecular formula is C11H22N2. The molecule has 0 aliphatic carbocycles. The smallest absolute Gasteiger partial charge is 0.0236 e. The molecule has 76 valence electrons. The molecule has 1 aliphatic rings. The molecule has 0 spiro atoms. The van der Waals surface area contributed by atoms with Gasteiger partial charge in [-0.25, -0.2) is 0 Å². The highest BCUT2D eigenvalue weighted by atomic mass is 15.2. The number of nitrogens with zero attached hydrogens (tertiary/aromatic N) is 1. The Bertz CT molecular complexity index is 159. The first-order chi connectivity index (χ1) is 6.27. The first kappa shape index (κ1) is 10.7. The molecule has 1 rings (SSSR count). The third-order valence-electron chi connectivity index (χ3n) is 2.88. The van der Waals surface area contributed by atoms with Crippen LogP contribution in [0.1, 0.15) is 26.7 Å². The summed E-state index contributed by atoms with van der Waals surface area (Å²) in [5.74, 6) is 0. The number of hydrogen-bond donors (Lipinski definition) is 1. The highest BCUT2D eigenvalue weighted by molar-refractivity contribution is 4.97. The highest BCUT2D eigenvalue weighted by Crippen LogP contribution is 2.11. The molecule has 1 unspecified atom stereocenters. The lowest BCUT2D eigenvalue weighted by Gasteiger charge is -2.27. The van der Waals surface area contributed by atoms with Gasteiger partial charge in [0.1, 0.15) is 0 Å². The summed E-state index contributed by atoms with van der Waals surface area (Å²) in [5, 5.41) is 3.41. The summed E-state index contributed by atoms with van der Waals surface area (Å²) in [6, 6.07) is 0.744. The molecule has 0 bridgehead atoms. The van der Waals surface area contributed by atoms with Crippen LogP contribution in [0, 0.1) is 0 Å². The molecule has 0 aromatic rings. The molecular weight excluding hydrogens is 160 g/mol. The Kier molecular flexibility index (Phi) is 4.46. The summed E-state index contributed by atoms with van der Waals surface area (Å²) in [6.07, 6.45) is 2.40. The predicted octanol–water partition coefficient (Wildman–Crippen LogP) is 1.64. The van der Waals surface area contributed by atoms with Crippen molar-refractivity contribution in [1.82, 2.24) is 10.2 Å². The van der Waals surface area contributed by atoms with Crippen LogP contribution in [0.15, 0.2) is 12.2 Å². The number of likely N-dealkylation sites (N-methyl/N-ethyl adjacent to an activating group) is 1. The van der Waals surface area contributed by atoms with Gasteiger partial charge in [-0.05, 0) is 25.9 Å². The molecule has 1 N–H and O–H groups in total. The maximum atomic E-state index is 4.07. The highest BCUT2D eigenvalue weighted by Gasteiger charge is 2.20. The van der Waals surface area contributed by atoms with Gasteiger partial charge in [0.05, 0.1) is 0 Å². The van der Waals surface area contributed by atoms with Crippen molar-refractivity contribution in [2.24, 2.45) is 0 Å². The Morgan fingerprint density at radius 2 is 2.31 bits per heavy atom. The summed E-state index contributed by atoms with van der Waals surface area (Å²) in [4.78, 5) is 2.53. The Morgan fingerprint density at radius 1 is 1.54 bits per heavy atom. The molecule has 1 atom stereocenters. The van der Waals surface area contributed by atoms with Crippen LogP contribution in [0.3, 0.4) is 0 Å². The van der Waals surface area contributed by atoms with Crippen LogP contribution in [-0.2, 0) is 0 Å². The average molecular weight is 182 g/mol. The molecule has 0 amide bonds. The summed E-state index contributed by atoms with van der Waals surface area (Å²) in [5.41, 5.74) is 1.36. The van der Waals surface area contributed by atoms with Crippen LogP contribution in [-0.4, -0.2) is 37.1 Å². The van der Waals surface area contributed by atoms with Gasteiger partial charge in [0.15, 0.2) is 0 Å². The van der Waals surface area contributed by atoms with E-state index in [0.29, 0.717) is 0 Å². The minimum Gasteiger partial charge on any atom is -0.315 e. The number of rotatable bonds is 5. The fourth-order valence-corrected chi connectivity index (χ4v) is 1.85. The van der Waals surface area contributed by atoms with Gasteiger partial charge in [-0.15, -0.1) is 0 Å². The van der Waals surface area contributed by atoms with Gasteiger partial charge in [0.2, 0.25) is 0 Å². The topological polar surface area (TPSA) is 15.3 Å². The Hall–Kier alpha value is -0.340. The summed E-state index contributed by atoms with van der Waals surface area (Å²) >= 11 is 0. The van der Waals surface area contributed by atoms with Crippen LogP contribution in [0.2, 0.25) is 0 Å². The normalized spacial score (nSPS) is 22.5. The van der Waals surface area contributed by atoms with Crippen LogP contribution < -0.4 is 5.32 Å². The Labute approximate surface area is 82.0 Å². The standard InChI is InChI=1S/C11H22N2/c1-4-10(3)9-13(5-2)11-6-7-12-8-11/h11-12H,3-9H2,1-2H3. The van der Waals surface area contributed by atoms with Crippen molar-refractivity contribution in [1.29, 1.82) is 0 Å². The fourth-order valence-electron chi connectivity index (χ4n) is 1.85. The van der Waals surface area contributed by atoms with E-state index in [4.69, 9.17) is 0 Å². The van der Waals surface area contributed by atoms with Gasteiger partial charge in [0.25, 0.3) is 0 Å². The van der Waals surface area contributed by atoms with Gasteiger partial charge >= 0.3 is 0 Å². The molecule has 0 aromatic heterocycles. The predicted molar refractivity (Wildman–Crippen MR) is 58.0 cm³/mol. The van der Waals surface area contributed by atoms with Crippen molar-refractivity contribution < 1.29 is 0 Å². The molecule has 0 radical (unpaired) electrons. The SMILES string of the molecule is C=C(CC)CN(CC)C1CCNC1. The fraction of sp³-hybridized carbons (Fsp3) is 0.818. The third kappa shape index (κ3) is 3.12. The number of nitrogens with one attached hydrogen (secondary N) is 1. The zero-order valence-electron chi connectivity index (χ0n) is 8.97. The van der Waals surface area contributed by atoms with E-state index in [1.165, 1.54) is 18.5 Å². The monoisotopic (exact) mass is 182 g/mol. The van der Waals surface area contributed by atoms with Crippen molar-refractivity contribution >= 4 is 0 Å². The molecule has 1 aliphatic heterocycles. The minimum absolute atomic E-state index is 0.744. The average Bonchev–Trinajstić information content (AvgIpc) is 2.66. The van der Waals surface area contributed by atoms with E-state index in [1.807, 2.05) is 0 Å². The summed E-state index contributed by atoms with van der Waals surface area (Å²) < 4.78 is 0. The Balaban J connectivity index is 2.37. The molecule has 1 saturated heterocycles. The van der Waals surface area contributed by atoms with Crippen LogP contribution in [0.25, 0.3) is 0 Å². The minimum atomic E-state index is 0.744. The molecule has 2 heteroatoms. The lowest BCUT2D eigenvalue weighted by molar-refractivity contribution is 0.236. The molecule has 13 heavy (non-hydrogen) atoms. The zero-order chi connectivity index (χ0) is 9.68. The zero-order valence-corrected chi connectivity index (χ0v) is 8.97. The Morgan fingerprint density at radius 3 is 2.77 bits per heavy atom. The van der Waals surface area contributed by atoms with E-state index >= 15 is 0 Å². The second-order valence-electron chi connectivity index (χ2n) is 3.81. The van der Waals surface area contributed by atoms with E-state index in [0.717, 1.165) is 32.1 Å². The second kappa shape index (κ2) is 5.40. The van der Waals surface area contributed by atoms with E-state index in [2.05, 4.69) is 30.6 Å². The molecule has 0 aromatic carbocycles. The maximum Gasteiger partial charge on any atom is 0.0236 e. The summed E-state index contributed by atoms with van der Waals surface area (Å²) in [7, 11) is 0. The first-order valence-electron chi connectivity index (χ1n) is 5.39. The second-order valence-corrected chi connectivity index (χ2v) is 3.81. The van der Waals surface area contributed by atoms with Crippen molar-refractivity contribution in [3.63, 3.8) is 0 Å². The van der Waals surface area contributed by atoms with Gasteiger partial charge in [-0.1, -0.05) is 26.0 Å². The van der Waals surface area contributed by atoms with E-state index in [1.54, 1.807) is 0 Å². The van der Waals surface area contributed by atoms with Crippen LogP contribution in [0.5, 0.6) is 0 Å². The lowest BCUT2D eigenvalue weighted by Crippen LogP contribution is -2.37. The quantitative estimate of drug-likeness (QED) is 0.650. The maximum absolute atomic E-state index is 4.07. The first-order valence-corrected chi connectivity index (χ1v) is 5.39. The van der Waals surface area contributed by atoms with Gasteiger partial charge in [0, 0.05) is 19.1 Å². The largest absolute Gasteiger partial charge is 0.315 e. The molecule has 2 nitrogen and oxygen atoms in total. The summed E-state index contributed by atoms with van der Waals surface area (Å²) in [6.45, 7) is 13.1.